The molecule has 0 aliphatic rings. The van der Waals surface area contributed by atoms with Crippen molar-refractivity contribution in [3.8, 4) is 56.5 Å². The third kappa shape index (κ3) is 6.99. The predicted molar refractivity (Wildman–Crippen MR) is 368 cm³/mol. The standard InChI is InChI=1S/C82H50N6/c1-2-21-53(22-3-1)85-72-36-16-11-29-65(72)78-62(31-18-38-76(78)85)63-32-19-39-77-79(63)66-30-12-17-37-73(66)86(77)54-43-40-52(41-44-54)80-67-46-42-51-20-4-5-23-56(51)81(67)84-82(83-80)64-47-49-74(58-25-7-6-24-57(58)64)88-71-35-15-10-28-61(71)68-50-55(45-48-75(68)88)87-69-33-13-8-26-59(69)60-27-9-14-34-70(60)87/h1-50H. The average molecular weight is 1120 g/mol. The quantitative estimate of drug-likeness (QED) is 0.149. The second-order valence-electron chi connectivity index (χ2n) is 23.2. The molecule has 0 bridgehead atoms. The lowest BCUT2D eigenvalue weighted by Crippen LogP contribution is -2.00. The first kappa shape index (κ1) is 48.5. The molecule has 0 aliphatic heterocycles. The van der Waals surface area contributed by atoms with E-state index < -0.39 is 0 Å². The molecule has 19 rings (SSSR count). The van der Waals surface area contributed by atoms with Gasteiger partial charge in [-0.25, -0.2) is 9.97 Å². The third-order valence-corrected chi connectivity index (χ3v) is 18.6. The lowest BCUT2D eigenvalue weighted by molar-refractivity contribution is 1.17. The van der Waals surface area contributed by atoms with Crippen LogP contribution in [0.15, 0.2) is 303 Å². The molecule has 6 heteroatoms. The van der Waals surface area contributed by atoms with Gasteiger partial charge in [-0.15, -0.1) is 0 Å². The number of hydrogen-bond acceptors (Lipinski definition) is 2. The average Bonchev–Trinajstić information content (AvgIpc) is 1.63. The van der Waals surface area contributed by atoms with Crippen LogP contribution in [0.4, 0.5) is 0 Å². The minimum atomic E-state index is 0.681. The molecule has 0 radical (unpaired) electrons. The SMILES string of the molecule is c1ccc(-n2c3ccccc3c3c(-c4cccc5c4c4ccccc4n5-c4ccc(-c5nc(-c6ccc(-n7c8ccccc8c8cc(-n9c%10ccccc%10c%10ccccc%109)ccc87)c7ccccc67)nc6c5ccc5ccccc56)cc4)cccc32)cc1. The summed E-state index contributed by atoms with van der Waals surface area (Å²) in [5, 5.41) is 15.3. The van der Waals surface area contributed by atoms with Crippen molar-refractivity contribution in [1.29, 1.82) is 0 Å². The van der Waals surface area contributed by atoms with Crippen molar-refractivity contribution in [2.45, 2.75) is 0 Å². The topological polar surface area (TPSA) is 45.5 Å². The first-order valence-electron chi connectivity index (χ1n) is 30.1. The highest BCUT2D eigenvalue weighted by Crippen LogP contribution is 2.46. The highest BCUT2D eigenvalue weighted by molar-refractivity contribution is 6.23. The van der Waals surface area contributed by atoms with Gasteiger partial charge in [-0.05, 0) is 125 Å². The van der Waals surface area contributed by atoms with Crippen molar-refractivity contribution in [2.75, 3.05) is 0 Å². The van der Waals surface area contributed by atoms with Gasteiger partial charge in [0.05, 0.1) is 61.0 Å². The maximum Gasteiger partial charge on any atom is 0.161 e. The highest BCUT2D eigenvalue weighted by Gasteiger charge is 2.24. The summed E-state index contributed by atoms with van der Waals surface area (Å²) in [5.41, 5.74) is 20.0. The van der Waals surface area contributed by atoms with Crippen LogP contribution in [-0.2, 0) is 0 Å². The summed E-state index contributed by atoms with van der Waals surface area (Å²) >= 11 is 0. The molecule has 6 nitrogen and oxygen atoms in total. The van der Waals surface area contributed by atoms with Gasteiger partial charge in [-0.1, -0.05) is 200 Å². The van der Waals surface area contributed by atoms with Crippen LogP contribution in [0.5, 0.6) is 0 Å². The van der Waals surface area contributed by atoms with Gasteiger partial charge in [0.15, 0.2) is 5.82 Å². The zero-order chi connectivity index (χ0) is 57.6. The molecule has 0 unspecified atom stereocenters. The zero-order valence-electron chi connectivity index (χ0n) is 47.6. The maximum absolute atomic E-state index is 5.64. The van der Waals surface area contributed by atoms with Crippen molar-refractivity contribution >= 4 is 120 Å². The number of aromatic nitrogens is 6. The summed E-state index contributed by atoms with van der Waals surface area (Å²) in [5.74, 6) is 0.681. The smallest absolute Gasteiger partial charge is 0.161 e. The summed E-state index contributed by atoms with van der Waals surface area (Å²) in [6.07, 6.45) is 0. The number of hydrogen-bond donors (Lipinski definition) is 0. The van der Waals surface area contributed by atoms with Crippen LogP contribution in [0.3, 0.4) is 0 Å². The molecule has 88 heavy (non-hydrogen) atoms. The van der Waals surface area contributed by atoms with E-state index in [1.807, 2.05) is 0 Å². The molecule has 0 saturated carbocycles. The van der Waals surface area contributed by atoms with Crippen LogP contribution in [0.2, 0.25) is 0 Å². The van der Waals surface area contributed by atoms with E-state index in [1.165, 1.54) is 76.3 Å². The van der Waals surface area contributed by atoms with Crippen molar-refractivity contribution in [1.82, 2.24) is 28.2 Å². The van der Waals surface area contributed by atoms with Crippen molar-refractivity contribution < 1.29 is 0 Å². The second kappa shape index (κ2) is 18.8. The Kier molecular flexibility index (Phi) is 10.4. The number of para-hydroxylation sites is 6. The van der Waals surface area contributed by atoms with Gasteiger partial charge in [0.1, 0.15) is 0 Å². The molecule has 408 valence electrons. The van der Waals surface area contributed by atoms with Gasteiger partial charge in [0, 0.05) is 87.4 Å². The van der Waals surface area contributed by atoms with Crippen LogP contribution in [0.25, 0.3) is 176 Å². The number of benzene rings is 14. The molecule has 0 aliphatic carbocycles. The van der Waals surface area contributed by atoms with Crippen molar-refractivity contribution in [3.05, 3.63) is 303 Å². The summed E-state index contributed by atoms with van der Waals surface area (Å²) in [4.78, 5) is 11.2. The van der Waals surface area contributed by atoms with E-state index in [-0.39, 0.29) is 0 Å². The largest absolute Gasteiger partial charge is 0.309 e. The molecule has 0 spiro atoms. The Morgan fingerprint density at radius 2 is 0.682 bits per heavy atom. The van der Waals surface area contributed by atoms with E-state index in [0.717, 1.165) is 94.1 Å². The van der Waals surface area contributed by atoms with E-state index in [2.05, 4.69) is 322 Å². The Balaban J connectivity index is 0.759. The molecular weight excluding hydrogens is 1070 g/mol. The predicted octanol–water partition coefficient (Wildman–Crippen LogP) is 21.3. The minimum Gasteiger partial charge on any atom is -0.309 e. The number of nitrogens with zero attached hydrogens (tertiary/aromatic N) is 6. The van der Waals surface area contributed by atoms with E-state index >= 15 is 0 Å². The first-order valence-corrected chi connectivity index (χ1v) is 30.1. The van der Waals surface area contributed by atoms with Gasteiger partial charge in [0.2, 0.25) is 0 Å². The first-order chi connectivity index (χ1) is 43.7. The Labute approximate surface area is 504 Å². The maximum atomic E-state index is 5.64. The van der Waals surface area contributed by atoms with Crippen LogP contribution < -0.4 is 0 Å². The molecule has 0 amide bonds. The molecule has 0 atom stereocenters. The summed E-state index contributed by atoms with van der Waals surface area (Å²) in [6, 6.07) is 110. The molecule has 0 N–H and O–H groups in total. The fraction of sp³-hybridized carbons (Fsp3) is 0. The van der Waals surface area contributed by atoms with E-state index in [0.29, 0.717) is 5.82 Å². The van der Waals surface area contributed by atoms with E-state index in [9.17, 15) is 0 Å². The minimum absolute atomic E-state index is 0.681. The lowest BCUT2D eigenvalue weighted by atomic mass is 9.95. The molecule has 19 aromatic rings. The monoisotopic (exact) mass is 1120 g/mol. The lowest BCUT2D eigenvalue weighted by Gasteiger charge is -2.16. The second-order valence-corrected chi connectivity index (χ2v) is 23.2. The fourth-order valence-corrected chi connectivity index (χ4v) is 14.8. The van der Waals surface area contributed by atoms with Crippen molar-refractivity contribution in [3.63, 3.8) is 0 Å². The van der Waals surface area contributed by atoms with Gasteiger partial charge in [0.25, 0.3) is 0 Å². The van der Waals surface area contributed by atoms with Gasteiger partial charge in [-0.3, -0.25) is 0 Å². The molecular formula is C82H50N6. The number of rotatable bonds is 7. The molecule has 5 heterocycles. The molecule has 5 aromatic heterocycles. The molecule has 14 aromatic carbocycles. The molecule has 0 fully saturated rings. The number of fused-ring (bicyclic) bond motifs is 16. The highest BCUT2D eigenvalue weighted by atomic mass is 15.0. The van der Waals surface area contributed by atoms with Crippen LogP contribution >= 0.6 is 0 Å². The molecule has 0 saturated heterocycles. The van der Waals surface area contributed by atoms with Crippen LogP contribution in [0.1, 0.15) is 0 Å². The zero-order valence-corrected chi connectivity index (χ0v) is 47.6. The Morgan fingerprint density at radius 1 is 0.227 bits per heavy atom. The normalized spacial score (nSPS) is 12.1. The summed E-state index contributed by atoms with van der Waals surface area (Å²) < 4.78 is 9.68. The summed E-state index contributed by atoms with van der Waals surface area (Å²) in [7, 11) is 0. The third-order valence-electron chi connectivity index (χ3n) is 18.6. The fourth-order valence-electron chi connectivity index (χ4n) is 14.8. The Morgan fingerprint density at radius 3 is 1.31 bits per heavy atom. The van der Waals surface area contributed by atoms with Gasteiger partial charge < -0.3 is 18.3 Å². The van der Waals surface area contributed by atoms with Gasteiger partial charge >= 0.3 is 0 Å². The van der Waals surface area contributed by atoms with E-state index in [4.69, 9.17) is 9.97 Å². The van der Waals surface area contributed by atoms with Gasteiger partial charge in [-0.2, -0.15) is 0 Å². The van der Waals surface area contributed by atoms with Crippen LogP contribution in [0, 0.1) is 0 Å². The Hall–Kier alpha value is -11.9. The Bertz CT molecular complexity index is 6060. The van der Waals surface area contributed by atoms with Crippen molar-refractivity contribution in [2.24, 2.45) is 0 Å². The summed E-state index contributed by atoms with van der Waals surface area (Å²) in [6.45, 7) is 0. The van der Waals surface area contributed by atoms with Crippen LogP contribution in [-0.4, -0.2) is 28.2 Å². The van der Waals surface area contributed by atoms with E-state index in [1.54, 1.807) is 0 Å².